The molecule has 1 aliphatic rings. The van der Waals surface area contributed by atoms with Gasteiger partial charge in [-0.1, -0.05) is 26.0 Å². The van der Waals surface area contributed by atoms with E-state index in [1.54, 1.807) is 17.0 Å². The van der Waals surface area contributed by atoms with Gasteiger partial charge in [0.25, 0.3) is 0 Å². The lowest BCUT2D eigenvalue weighted by Gasteiger charge is -2.33. The van der Waals surface area contributed by atoms with E-state index in [-0.39, 0.29) is 11.4 Å². The fourth-order valence-electron chi connectivity index (χ4n) is 2.86. The molecule has 0 aromatic heterocycles. The van der Waals surface area contributed by atoms with Gasteiger partial charge in [0.05, 0.1) is 11.4 Å². The van der Waals surface area contributed by atoms with Gasteiger partial charge in [0, 0.05) is 26.2 Å². The van der Waals surface area contributed by atoms with Crippen LogP contribution in [0.4, 0.5) is 4.79 Å². The van der Waals surface area contributed by atoms with Crippen LogP contribution in [0.15, 0.2) is 29.2 Å². The minimum absolute atomic E-state index is 0.0143. The van der Waals surface area contributed by atoms with Gasteiger partial charge in [-0.2, -0.15) is 4.31 Å². The molecule has 0 saturated carbocycles. The predicted molar refractivity (Wildman–Crippen MR) is 98.1 cm³/mol. The minimum atomic E-state index is -3.55. The number of primary amides is 1. The van der Waals surface area contributed by atoms with E-state index in [1.165, 1.54) is 4.31 Å². The van der Waals surface area contributed by atoms with Crippen LogP contribution in [0.5, 0.6) is 0 Å². The SMILES string of the molecule is CCC(C)c1ccc(S(=O)(=O)N2CCN(CC(=O)NC(N)=O)CC2)cc1. The fraction of sp³-hybridized carbons (Fsp3) is 0.529. The Labute approximate surface area is 154 Å². The van der Waals surface area contributed by atoms with Crippen LogP contribution in [0.3, 0.4) is 0 Å². The number of amides is 3. The highest BCUT2D eigenvalue weighted by atomic mass is 32.2. The van der Waals surface area contributed by atoms with Crippen molar-refractivity contribution in [2.75, 3.05) is 32.7 Å². The van der Waals surface area contributed by atoms with Crippen LogP contribution in [-0.2, 0) is 14.8 Å². The third kappa shape index (κ3) is 5.03. The maximum Gasteiger partial charge on any atom is 0.318 e. The Bertz CT molecular complexity index is 741. The number of carbonyl (C=O) groups excluding carboxylic acids is 2. The van der Waals surface area contributed by atoms with Crippen molar-refractivity contribution in [3.63, 3.8) is 0 Å². The van der Waals surface area contributed by atoms with Gasteiger partial charge in [-0.25, -0.2) is 13.2 Å². The molecule has 144 valence electrons. The Morgan fingerprint density at radius 2 is 1.73 bits per heavy atom. The number of nitrogens with one attached hydrogen (secondary N) is 1. The summed E-state index contributed by atoms with van der Waals surface area (Å²) in [6.07, 6.45) is 0.997. The number of piperazine rings is 1. The summed E-state index contributed by atoms with van der Waals surface area (Å²) >= 11 is 0. The monoisotopic (exact) mass is 382 g/mol. The summed E-state index contributed by atoms with van der Waals surface area (Å²) in [6, 6.07) is 6.15. The highest BCUT2D eigenvalue weighted by Crippen LogP contribution is 2.23. The van der Waals surface area contributed by atoms with Crippen molar-refractivity contribution in [3.8, 4) is 0 Å². The summed E-state index contributed by atoms with van der Waals surface area (Å²) in [6.45, 7) is 5.63. The second-order valence-electron chi connectivity index (χ2n) is 6.47. The smallest absolute Gasteiger partial charge is 0.318 e. The molecule has 3 N–H and O–H groups in total. The first-order chi connectivity index (χ1) is 12.2. The number of nitrogens with zero attached hydrogens (tertiary/aromatic N) is 2. The van der Waals surface area contributed by atoms with E-state index in [4.69, 9.17) is 5.73 Å². The zero-order valence-electron chi connectivity index (χ0n) is 15.1. The van der Waals surface area contributed by atoms with Crippen molar-refractivity contribution in [3.05, 3.63) is 29.8 Å². The van der Waals surface area contributed by atoms with Crippen molar-refractivity contribution in [1.29, 1.82) is 0 Å². The molecular weight excluding hydrogens is 356 g/mol. The van der Waals surface area contributed by atoms with Gasteiger partial charge >= 0.3 is 6.03 Å². The molecule has 3 amide bonds. The predicted octanol–water partition coefficient (Wildman–Crippen LogP) is 0.701. The summed E-state index contributed by atoms with van der Waals surface area (Å²) in [5.74, 6) is -0.101. The molecule has 26 heavy (non-hydrogen) atoms. The Balaban J connectivity index is 1.97. The Morgan fingerprint density at radius 3 is 2.23 bits per heavy atom. The number of hydrogen-bond donors (Lipinski definition) is 2. The first kappa shape index (κ1) is 20.3. The maximum atomic E-state index is 12.8. The molecule has 1 heterocycles. The van der Waals surface area contributed by atoms with Gasteiger partial charge in [-0.15, -0.1) is 0 Å². The Morgan fingerprint density at radius 1 is 1.15 bits per heavy atom. The Hall–Kier alpha value is -1.97. The van der Waals surface area contributed by atoms with Crippen LogP contribution >= 0.6 is 0 Å². The summed E-state index contributed by atoms with van der Waals surface area (Å²) in [7, 11) is -3.55. The van der Waals surface area contributed by atoms with E-state index in [2.05, 4.69) is 13.8 Å². The molecule has 1 aliphatic heterocycles. The third-order valence-electron chi connectivity index (χ3n) is 4.66. The van der Waals surface area contributed by atoms with E-state index in [0.717, 1.165) is 12.0 Å². The van der Waals surface area contributed by atoms with E-state index in [9.17, 15) is 18.0 Å². The van der Waals surface area contributed by atoms with Crippen LogP contribution in [0.2, 0.25) is 0 Å². The average molecular weight is 382 g/mol. The molecule has 1 unspecified atom stereocenters. The fourth-order valence-corrected chi connectivity index (χ4v) is 4.28. The molecule has 1 atom stereocenters. The molecule has 9 heteroatoms. The molecule has 8 nitrogen and oxygen atoms in total. The summed E-state index contributed by atoms with van der Waals surface area (Å²) < 4.78 is 27.0. The van der Waals surface area contributed by atoms with Crippen LogP contribution in [0.25, 0.3) is 0 Å². The normalized spacial score (nSPS) is 17.6. The first-order valence-electron chi connectivity index (χ1n) is 8.65. The number of sulfonamides is 1. The largest absolute Gasteiger partial charge is 0.351 e. The quantitative estimate of drug-likeness (QED) is 0.752. The van der Waals surface area contributed by atoms with Crippen LogP contribution in [0.1, 0.15) is 31.7 Å². The van der Waals surface area contributed by atoms with Crippen LogP contribution in [0, 0.1) is 0 Å². The van der Waals surface area contributed by atoms with E-state index in [1.807, 2.05) is 17.4 Å². The van der Waals surface area contributed by atoms with Crippen LogP contribution in [-0.4, -0.2) is 62.3 Å². The number of nitrogens with two attached hydrogens (primary N) is 1. The number of hydrogen-bond acceptors (Lipinski definition) is 5. The minimum Gasteiger partial charge on any atom is -0.351 e. The number of benzene rings is 1. The van der Waals surface area contributed by atoms with E-state index in [0.29, 0.717) is 32.1 Å². The third-order valence-corrected chi connectivity index (χ3v) is 6.57. The summed E-state index contributed by atoms with van der Waals surface area (Å²) in [5.41, 5.74) is 6.03. The van der Waals surface area contributed by atoms with Crippen molar-refractivity contribution >= 4 is 22.0 Å². The molecule has 0 radical (unpaired) electrons. The van der Waals surface area contributed by atoms with Gasteiger partial charge < -0.3 is 5.73 Å². The zero-order chi connectivity index (χ0) is 19.3. The summed E-state index contributed by atoms with van der Waals surface area (Å²) in [4.78, 5) is 24.3. The van der Waals surface area contributed by atoms with Gasteiger partial charge in [0.1, 0.15) is 0 Å². The molecule has 0 aliphatic carbocycles. The molecule has 2 rings (SSSR count). The molecular formula is C17H26N4O4S. The van der Waals surface area contributed by atoms with E-state index < -0.39 is 22.0 Å². The first-order valence-corrected chi connectivity index (χ1v) is 10.1. The van der Waals surface area contributed by atoms with Gasteiger partial charge in [-0.05, 0) is 30.0 Å². The molecule has 1 aromatic rings. The molecule has 1 aromatic carbocycles. The number of urea groups is 1. The number of carbonyl (C=O) groups is 2. The topological polar surface area (TPSA) is 113 Å². The second-order valence-corrected chi connectivity index (χ2v) is 8.41. The van der Waals surface area contributed by atoms with E-state index >= 15 is 0 Å². The number of imide groups is 1. The van der Waals surface area contributed by atoms with Crippen molar-refractivity contribution in [2.45, 2.75) is 31.1 Å². The van der Waals surface area contributed by atoms with Gasteiger partial charge in [0.2, 0.25) is 15.9 Å². The molecule has 1 saturated heterocycles. The zero-order valence-corrected chi connectivity index (χ0v) is 16.0. The second kappa shape index (κ2) is 8.61. The van der Waals surface area contributed by atoms with Crippen LogP contribution < -0.4 is 11.1 Å². The average Bonchev–Trinajstić information content (AvgIpc) is 2.61. The maximum absolute atomic E-state index is 12.8. The molecule has 1 fully saturated rings. The van der Waals surface area contributed by atoms with Crippen molar-refractivity contribution in [1.82, 2.24) is 14.5 Å². The highest BCUT2D eigenvalue weighted by Gasteiger charge is 2.29. The van der Waals surface area contributed by atoms with Crippen molar-refractivity contribution in [2.24, 2.45) is 5.73 Å². The lowest BCUT2D eigenvalue weighted by atomic mass is 9.99. The Kier molecular flexibility index (Phi) is 6.74. The lowest BCUT2D eigenvalue weighted by Crippen LogP contribution is -2.51. The van der Waals surface area contributed by atoms with Gasteiger partial charge in [-0.3, -0.25) is 15.0 Å². The van der Waals surface area contributed by atoms with Crippen molar-refractivity contribution < 1.29 is 18.0 Å². The standard InChI is InChI=1S/C17H26N4O4S/c1-3-13(2)14-4-6-15(7-5-14)26(24,25)21-10-8-20(9-11-21)12-16(22)19-17(18)23/h4-7,13H,3,8-12H2,1-2H3,(H3,18,19,22,23). The van der Waals surface area contributed by atoms with Gasteiger partial charge in [0.15, 0.2) is 0 Å². The summed E-state index contributed by atoms with van der Waals surface area (Å²) in [5, 5.41) is 2.00. The lowest BCUT2D eigenvalue weighted by molar-refractivity contribution is -0.121. The molecule has 0 bridgehead atoms. The highest BCUT2D eigenvalue weighted by molar-refractivity contribution is 7.89. The molecule has 0 spiro atoms. The number of rotatable bonds is 6.